The maximum absolute atomic E-state index is 11.5. The summed E-state index contributed by atoms with van der Waals surface area (Å²) in [5, 5.41) is 3.79. The van der Waals surface area contributed by atoms with Gasteiger partial charge in [0.05, 0.1) is 19.0 Å². The van der Waals surface area contributed by atoms with E-state index in [2.05, 4.69) is 15.5 Å². The summed E-state index contributed by atoms with van der Waals surface area (Å²) < 4.78 is 10.1. The Morgan fingerprint density at radius 3 is 2.73 bits per heavy atom. The Hall–Kier alpha value is -2.89. The largest absolute Gasteiger partial charge is 0.497 e. The first-order chi connectivity index (χ1) is 10.7. The fraction of sp³-hybridized carbons (Fsp3) is 0.188. The molecule has 0 saturated carbocycles. The number of aryl methyl sites for hydroxylation is 1. The van der Waals surface area contributed by atoms with E-state index in [4.69, 9.17) is 9.47 Å². The maximum Gasteiger partial charge on any atom is 0.428 e. The molecule has 2 rings (SSSR count). The minimum absolute atomic E-state index is 0.161. The molecule has 0 aliphatic rings. The van der Waals surface area contributed by atoms with E-state index in [1.54, 1.807) is 25.3 Å². The van der Waals surface area contributed by atoms with Gasteiger partial charge in [0.1, 0.15) is 12.4 Å². The van der Waals surface area contributed by atoms with Gasteiger partial charge in [-0.3, -0.25) is 4.98 Å². The van der Waals surface area contributed by atoms with Crippen LogP contribution in [0.1, 0.15) is 17.0 Å². The number of aromatic nitrogens is 1. The first-order valence-electron chi connectivity index (χ1n) is 6.70. The average molecular weight is 299 g/mol. The molecule has 0 saturated heterocycles. The zero-order chi connectivity index (χ0) is 15.8. The highest BCUT2D eigenvalue weighted by atomic mass is 16.6. The molecule has 0 atom stereocenters. The number of carbonyl (C=O) groups excluding carboxylic acids is 1. The molecular weight excluding hydrogens is 282 g/mol. The summed E-state index contributed by atoms with van der Waals surface area (Å²) in [5.74, 6) is 0.753. The van der Waals surface area contributed by atoms with Crippen LogP contribution in [0, 0.1) is 6.92 Å². The molecule has 22 heavy (non-hydrogen) atoms. The lowest BCUT2D eigenvalue weighted by Gasteiger charge is -2.05. The third-order valence-electron chi connectivity index (χ3n) is 2.79. The molecule has 1 amide bonds. The van der Waals surface area contributed by atoms with Gasteiger partial charge in [-0.1, -0.05) is 18.2 Å². The van der Waals surface area contributed by atoms with Crippen LogP contribution in [0.5, 0.6) is 5.75 Å². The van der Waals surface area contributed by atoms with E-state index < -0.39 is 6.09 Å². The van der Waals surface area contributed by atoms with Crippen molar-refractivity contribution in [1.29, 1.82) is 0 Å². The molecule has 6 heteroatoms. The van der Waals surface area contributed by atoms with Gasteiger partial charge in [0, 0.05) is 5.69 Å². The Morgan fingerprint density at radius 2 is 2.05 bits per heavy atom. The lowest BCUT2D eigenvalue weighted by Crippen LogP contribution is -2.18. The lowest BCUT2D eigenvalue weighted by molar-refractivity contribution is 0.140. The Bertz CT molecular complexity index is 654. The van der Waals surface area contributed by atoms with E-state index in [9.17, 15) is 4.79 Å². The van der Waals surface area contributed by atoms with Crippen molar-refractivity contribution in [2.75, 3.05) is 7.11 Å². The molecule has 0 aliphatic carbocycles. The number of amides is 1. The second kappa shape index (κ2) is 7.78. The SMILES string of the molecule is COc1ccc(COC(=O)NN=Cc2cccc(C)n2)cc1. The molecule has 2 aromatic rings. The number of rotatable bonds is 5. The monoisotopic (exact) mass is 299 g/mol. The molecule has 0 spiro atoms. The minimum atomic E-state index is -0.625. The van der Waals surface area contributed by atoms with Gasteiger partial charge >= 0.3 is 6.09 Å². The molecule has 0 fully saturated rings. The summed E-state index contributed by atoms with van der Waals surface area (Å²) in [4.78, 5) is 15.7. The van der Waals surface area contributed by atoms with Crippen molar-refractivity contribution < 1.29 is 14.3 Å². The van der Waals surface area contributed by atoms with Crippen LogP contribution in [0.2, 0.25) is 0 Å². The average Bonchev–Trinajstić information content (AvgIpc) is 2.53. The van der Waals surface area contributed by atoms with Gasteiger partial charge in [-0.25, -0.2) is 10.2 Å². The molecular formula is C16H17N3O3. The van der Waals surface area contributed by atoms with Gasteiger partial charge in [-0.05, 0) is 36.8 Å². The minimum Gasteiger partial charge on any atom is -0.497 e. The summed E-state index contributed by atoms with van der Waals surface area (Å²) in [7, 11) is 1.60. The van der Waals surface area contributed by atoms with Crippen LogP contribution in [0.25, 0.3) is 0 Å². The van der Waals surface area contributed by atoms with Crippen molar-refractivity contribution >= 4 is 12.3 Å². The Labute approximate surface area is 128 Å². The third-order valence-corrected chi connectivity index (χ3v) is 2.79. The Kier molecular flexibility index (Phi) is 5.48. The topological polar surface area (TPSA) is 72.8 Å². The molecule has 114 valence electrons. The Morgan fingerprint density at radius 1 is 1.27 bits per heavy atom. The second-order valence-electron chi connectivity index (χ2n) is 4.50. The smallest absolute Gasteiger partial charge is 0.428 e. The zero-order valence-corrected chi connectivity index (χ0v) is 12.4. The predicted molar refractivity (Wildman–Crippen MR) is 82.9 cm³/mol. The third kappa shape index (κ3) is 4.90. The standard InChI is InChI=1S/C16H17N3O3/c1-12-4-3-5-14(18-12)10-17-19-16(20)22-11-13-6-8-15(21-2)9-7-13/h3-10H,11H2,1-2H3,(H,19,20). The normalized spacial score (nSPS) is 10.5. The van der Waals surface area contributed by atoms with Crippen LogP contribution < -0.4 is 10.2 Å². The van der Waals surface area contributed by atoms with Gasteiger partial charge < -0.3 is 9.47 Å². The van der Waals surface area contributed by atoms with Crippen molar-refractivity contribution in [3.8, 4) is 5.75 Å². The lowest BCUT2D eigenvalue weighted by atomic mass is 10.2. The van der Waals surface area contributed by atoms with Crippen LogP contribution >= 0.6 is 0 Å². The van der Waals surface area contributed by atoms with Crippen molar-refractivity contribution in [2.24, 2.45) is 5.10 Å². The number of nitrogens with zero attached hydrogens (tertiary/aromatic N) is 2. The molecule has 1 aromatic heterocycles. The van der Waals surface area contributed by atoms with Gasteiger partial charge in [0.25, 0.3) is 0 Å². The highest BCUT2D eigenvalue weighted by Gasteiger charge is 2.01. The molecule has 1 N–H and O–H groups in total. The van der Waals surface area contributed by atoms with E-state index in [1.807, 2.05) is 31.2 Å². The molecule has 1 heterocycles. The van der Waals surface area contributed by atoms with Gasteiger partial charge in [-0.15, -0.1) is 0 Å². The number of ether oxygens (including phenoxy) is 2. The van der Waals surface area contributed by atoms with Crippen molar-refractivity contribution in [2.45, 2.75) is 13.5 Å². The quantitative estimate of drug-likeness (QED) is 0.680. The van der Waals surface area contributed by atoms with Crippen LogP contribution in [-0.2, 0) is 11.3 Å². The van der Waals surface area contributed by atoms with E-state index >= 15 is 0 Å². The number of pyridine rings is 1. The van der Waals surface area contributed by atoms with Crippen LogP contribution in [0.4, 0.5) is 4.79 Å². The number of benzene rings is 1. The Balaban J connectivity index is 1.77. The summed E-state index contributed by atoms with van der Waals surface area (Å²) in [6.45, 7) is 2.04. The number of methoxy groups -OCH3 is 1. The van der Waals surface area contributed by atoms with E-state index in [0.717, 1.165) is 17.0 Å². The van der Waals surface area contributed by atoms with Crippen molar-refractivity contribution in [3.05, 3.63) is 59.4 Å². The second-order valence-corrected chi connectivity index (χ2v) is 4.50. The summed E-state index contributed by atoms with van der Waals surface area (Å²) in [5.41, 5.74) is 4.69. The number of nitrogens with one attached hydrogen (secondary N) is 1. The molecule has 0 aliphatic heterocycles. The highest BCUT2D eigenvalue weighted by Crippen LogP contribution is 2.11. The van der Waals surface area contributed by atoms with Crippen molar-refractivity contribution in [3.63, 3.8) is 0 Å². The van der Waals surface area contributed by atoms with E-state index in [1.165, 1.54) is 6.21 Å². The molecule has 0 radical (unpaired) electrons. The fourth-order valence-corrected chi connectivity index (χ4v) is 1.69. The number of carbonyl (C=O) groups is 1. The number of hydrogen-bond donors (Lipinski definition) is 1. The van der Waals surface area contributed by atoms with E-state index in [-0.39, 0.29) is 6.61 Å². The van der Waals surface area contributed by atoms with Crippen molar-refractivity contribution in [1.82, 2.24) is 10.4 Å². The number of hydrazone groups is 1. The van der Waals surface area contributed by atoms with Crippen LogP contribution in [-0.4, -0.2) is 24.4 Å². The molecule has 0 unspecified atom stereocenters. The van der Waals surface area contributed by atoms with Gasteiger partial charge in [0.15, 0.2) is 0 Å². The van der Waals surface area contributed by atoms with Gasteiger partial charge in [-0.2, -0.15) is 5.10 Å². The first-order valence-corrected chi connectivity index (χ1v) is 6.70. The zero-order valence-electron chi connectivity index (χ0n) is 12.4. The summed E-state index contributed by atoms with van der Waals surface area (Å²) >= 11 is 0. The van der Waals surface area contributed by atoms with Crippen LogP contribution in [0.15, 0.2) is 47.6 Å². The maximum atomic E-state index is 11.5. The van der Waals surface area contributed by atoms with Crippen LogP contribution in [0.3, 0.4) is 0 Å². The number of hydrogen-bond acceptors (Lipinski definition) is 5. The predicted octanol–water partition coefficient (Wildman–Crippen LogP) is 2.66. The highest BCUT2D eigenvalue weighted by molar-refractivity contribution is 5.78. The fourth-order valence-electron chi connectivity index (χ4n) is 1.69. The van der Waals surface area contributed by atoms with Gasteiger partial charge in [0.2, 0.25) is 0 Å². The molecule has 0 bridgehead atoms. The molecule has 6 nitrogen and oxygen atoms in total. The summed E-state index contributed by atoms with van der Waals surface area (Å²) in [6, 6.07) is 12.8. The van der Waals surface area contributed by atoms with E-state index in [0.29, 0.717) is 5.69 Å². The molecule has 1 aromatic carbocycles. The summed E-state index contributed by atoms with van der Waals surface area (Å²) in [6.07, 6.45) is 0.835. The first kappa shape index (κ1) is 15.5.